The normalized spacial score (nSPS) is 16.7. The van der Waals surface area contributed by atoms with Crippen molar-refractivity contribution in [2.45, 2.75) is 32.7 Å². The number of hydrogen-bond acceptors (Lipinski definition) is 4. The lowest BCUT2D eigenvalue weighted by Gasteiger charge is -2.32. The number of piperidine rings is 1. The summed E-state index contributed by atoms with van der Waals surface area (Å²) in [7, 11) is 1.67. The maximum absolute atomic E-state index is 11.6. The first-order valence-electron chi connectivity index (χ1n) is 7.66. The van der Waals surface area contributed by atoms with Gasteiger partial charge in [0.2, 0.25) is 0 Å². The van der Waals surface area contributed by atoms with Crippen LogP contribution in [0.1, 0.15) is 26.7 Å². The van der Waals surface area contributed by atoms with E-state index in [0.29, 0.717) is 38.9 Å². The third-order valence-corrected chi connectivity index (χ3v) is 3.27. The zero-order chi connectivity index (χ0) is 15.5. The molecule has 0 aromatic carbocycles. The molecule has 0 aromatic heterocycles. The van der Waals surface area contributed by atoms with Crippen molar-refractivity contribution in [3.8, 4) is 0 Å². The first-order chi connectivity index (χ1) is 10.2. The van der Waals surface area contributed by atoms with Crippen LogP contribution in [0.4, 0.5) is 4.79 Å². The molecule has 0 unspecified atom stereocenters. The van der Waals surface area contributed by atoms with Crippen LogP contribution in [0.3, 0.4) is 0 Å². The molecule has 0 aliphatic carbocycles. The number of carbonyl (C=O) groups is 1. The minimum absolute atomic E-state index is 0.211. The summed E-state index contributed by atoms with van der Waals surface area (Å²) in [6.45, 7) is 7.78. The number of amides is 1. The van der Waals surface area contributed by atoms with Crippen LogP contribution in [0.2, 0.25) is 0 Å². The second-order valence-electron chi connectivity index (χ2n) is 4.86. The van der Waals surface area contributed by atoms with Crippen molar-refractivity contribution in [1.82, 2.24) is 15.5 Å². The molecule has 0 spiro atoms. The predicted octanol–water partition coefficient (Wildman–Crippen LogP) is 0.809. The van der Waals surface area contributed by atoms with Gasteiger partial charge in [-0.3, -0.25) is 4.99 Å². The molecule has 0 aromatic rings. The van der Waals surface area contributed by atoms with Gasteiger partial charge in [0.05, 0.1) is 19.8 Å². The second-order valence-corrected chi connectivity index (χ2v) is 4.86. The first kappa shape index (κ1) is 17.6. The number of nitrogens with zero attached hydrogens (tertiary/aromatic N) is 2. The van der Waals surface area contributed by atoms with Gasteiger partial charge in [0, 0.05) is 32.8 Å². The number of aliphatic imine (C=N–C) groups is 1. The van der Waals surface area contributed by atoms with Gasteiger partial charge in [0.25, 0.3) is 0 Å². The highest BCUT2D eigenvalue weighted by molar-refractivity contribution is 5.80. The number of likely N-dealkylation sites (tertiary alicyclic amines) is 1. The average Bonchev–Trinajstić information content (AvgIpc) is 2.48. The summed E-state index contributed by atoms with van der Waals surface area (Å²) in [5.74, 6) is 0.809. The van der Waals surface area contributed by atoms with Crippen LogP contribution >= 0.6 is 0 Å². The molecule has 1 saturated heterocycles. The molecule has 0 saturated carbocycles. The van der Waals surface area contributed by atoms with E-state index in [1.165, 1.54) is 0 Å². The Morgan fingerprint density at radius 3 is 2.62 bits per heavy atom. The summed E-state index contributed by atoms with van der Waals surface area (Å²) in [4.78, 5) is 17.8. The molecule has 0 atom stereocenters. The number of hydrogen-bond donors (Lipinski definition) is 2. The Kier molecular flexibility index (Phi) is 8.57. The summed E-state index contributed by atoms with van der Waals surface area (Å²) in [6.07, 6.45) is 1.58. The predicted molar refractivity (Wildman–Crippen MR) is 82.6 cm³/mol. The van der Waals surface area contributed by atoms with E-state index in [0.717, 1.165) is 25.3 Å². The zero-order valence-corrected chi connectivity index (χ0v) is 13.4. The Morgan fingerprint density at radius 2 is 2.05 bits per heavy atom. The lowest BCUT2D eigenvalue weighted by molar-refractivity contribution is 0.0963. The number of ether oxygens (including phenoxy) is 2. The van der Waals surface area contributed by atoms with Crippen molar-refractivity contribution in [2.75, 3.05) is 46.5 Å². The molecule has 1 fully saturated rings. The molecule has 21 heavy (non-hydrogen) atoms. The van der Waals surface area contributed by atoms with Gasteiger partial charge in [-0.1, -0.05) is 0 Å². The third kappa shape index (κ3) is 6.66. The molecule has 2 N–H and O–H groups in total. The van der Waals surface area contributed by atoms with Crippen LogP contribution in [0, 0.1) is 0 Å². The van der Waals surface area contributed by atoms with E-state index >= 15 is 0 Å². The van der Waals surface area contributed by atoms with Gasteiger partial charge in [0.1, 0.15) is 0 Å². The molecule has 122 valence electrons. The number of rotatable bonds is 6. The van der Waals surface area contributed by atoms with Crippen molar-refractivity contribution in [1.29, 1.82) is 0 Å². The van der Waals surface area contributed by atoms with Crippen molar-refractivity contribution < 1.29 is 14.3 Å². The first-order valence-corrected chi connectivity index (χ1v) is 7.66. The van der Waals surface area contributed by atoms with Gasteiger partial charge in [-0.25, -0.2) is 4.79 Å². The average molecular weight is 300 g/mol. The van der Waals surface area contributed by atoms with E-state index in [-0.39, 0.29) is 6.09 Å². The van der Waals surface area contributed by atoms with Crippen LogP contribution in [-0.2, 0) is 9.47 Å². The van der Waals surface area contributed by atoms with Crippen LogP contribution < -0.4 is 10.6 Å². The fraction of sp³-hybridized carbons (Fsp3) is 0.857. The van der Waals surface area contributed by atoms with E-state index in [9.17, 15) is 4.79 Å². The van der Waals surface area contributed by atoms with Crippen LogP contribution in [0.5, 0.6) is 0 Å². The maximum atomic E-state index is 11.6. The van der Waals surface area contributed by atoms with Gasteiger partial charge < -0.3 is 25.0 Å². The summed E-state index contributed by atoms with van der Waals surface area (Å²) < 4.78 is 10.0. The fourth-order valence-corrected chi connectivity index (χ4v) is 2.18. The molecule has 7 nitrogen and oxygen atoms in total. The van der Waals surface area contributed by atoms with Crippen LogP contribution in [0.15, 0.2) is 4.99 Å². The van der Waals surface area contributed by atoms with E-state index in [1.807, 2.05) is 13.8 Å². The Balaban J connectivity index is 2.38. The van der Waals surface area contributed by atoms with Crippen molar-refractivity contribution >= 4 is 12.1 Å². The second kappa shape index (κ2) is 10.3. The SMILES string of the molecule is CCNC(=NCCOC)NC1CCN(C(=O)OCC)CC1. The molecule has 1 heterocycles. The number of carbonyl (C=O) groups excluding carboxylic acids is 1. The quantitative estimate of drug-likeness (QED) is 0.431. The number of guanidine groups is 1. The lowest BCUT2D eigenvalue weighted by atomic mass is 10.1. The molecule has 1 rings (SSSR count). The number of methoxy groups -OCH3 is 1. The van der Waals surface area contributed by atoms with Crippen molar-refractivity contribution in [2.24, 2.45) is 4.99 Å². The molecule has 0 radical (unpaired) electrons. The van der Waals surface area contributed by atoms with Gasteiger partial charge in [-0.05, 0) is 26.7 Å². The Morgan fingerprint density at radius 1 is 1.33 bits per heavy atom. The standard InChI is InChI=1S/C14H28N4O3/c1-4-15-13(16-8-11-20-3)17-12-6-9-18(10-7-12)14(19)21-5-2/h12H,4-11H2,1-3H3,(H2,15,16,17). The summed E-state index contributed by atoms with van der Waals surface area (Å²) in [6, 6.07) is 0.330. The van der Waals surface area contributed by atoms with Gasteiger partial charge in [0.15, 0.2) is 5.96 Å². The topological polar surface area (TPSA) is 75.2 Å². The Labute approximate surface area is 127 Å². The largest absolute Gasteiger partial charge is 0.450 e. The number of nitrogens with one attached hydrogen (secondary N) is 2. The maximum Gasteiger partial charge on any atom is 0.409 e. The van der Waals surface area contributed by atoms with E-state index < -0.39 is 0 Å². The minimum Gasteiger partial charge on any atom is -0.450 e. The van der Waals surface area contributed by atoms with Crippen LogP contribution in [-0.4, -0.2) is 69.5 Å². The van der Waals surface area contributed by atoms with Gasteiger partial charge in [-0.2, -0.15) is 0 Å². The minimum atomic E-state index is -0.211. The van der Waals surface area contributed by atoms with Gasteiger partial charge in [-0.15, -0.1) is 0 Å². The van der Waals surface area contributed by atoms with E-state index in [4.69, 9.17) is 9.47 Å². The van der Waals surface area contributed by atoms with Crippen molar-refractivity contribution in [3.63, 3.8) is 0 Å². The highest BCUT2D eigenvalue weighted by Crippen LogP contribution is 2.11. The van der Waals surface area contributed by atoms with E-state index in [2.05, 4.69) is 15.6 Å². The van der Waals surface area contributed by atoms with Crippen molar-refractivity contribution in [3.05, 3.63) is 0 Å². The Bertz CT molecular complexity index is 328. The highest BCUT2D eigenvalue weighted by atomic mass is 16.6. The zero-order valence-electron chi connectivity index (χ0n) is 13.4. The highest BCUT2D eigenvalue weighted by Gasteiger charge is 2.23. The smallest absolute Gasteiger partial charge is 0.409 e. The Hall–Kier alpha value is -1.50. The van der Waals surface area contributed by atoms with Crippen LogP contribution in [0.25, 0.3) is 0 Å². The molecule has 1 aliphatic rings. The fourth-order valence-electron chi connectivity index (χ4n) is 2.18. The summed E-state index contributed by atoms with van der Waals surface area (Å²) in [5, 5.41) is 6.63. The van der Waals surface area contributed by atoms with E-state index in [1.54, 1.807) is 12.0 Å². The molecule has 1 aliphatic heterocycles. The molecule has 7 heteroatoms. The van der Waals surface area contributed by atoms with Gasteiger partial charge >= 0.3 is 6.09 Å². The molecule has 0 bridgehead atoms. The summed E-state index contributed by atoms with van der Waals surface area (Å²) >= 11 is 0. The molecular weight excluding hydrogens is 272 g/mol. The summed E-state index contributed by atoms with van der Waals surface area (Å²) in [5.41, 5.74) is 0. The third-order valence-electron chi connectivity index (χ3n) is 3.27. The molecular formula is C14H28N4O3. The molecule has 1 amide bonds. The monoisotopic (exact) mass is 300 g/mol. The lowest BCUT2D eigenvalue weighted by Crippen LogP contribution is -2.50.